The third-order valence-electron chi connectivity index (χ3n) is 5.36. The average molecular weight is 442 g/mol. The number of methoxy groups -OCH3 is 1. The zero-order chi connectivity index (χ0) is 23.1. The van der Waals surface area contributed by atoms with Crippen molar-refractivity contribution in [2.24, 2.45) is 0 Å². The molecule has 0 fully saturated rings. The third kappa shape index (κ3) is 5.24. The molecule has 1 aliphatic carbocycles. The quantitative estimate of drug-likeness (QED) is 0.438. The summed E-state index contributed by atoms with van der Waals surface area (Å²) < 4.78 is 10.4. The van der Waals surface area contributed by atoms with Gasteiger partial charge in [-0.1, -0.05) is 48.5 Å². The number of carbonyl (C=O) groups is 3. The number of hydrogen-bond acceptors (Lipinski definition) is 6. The molecule has 9 heteroatoms. The van der Waals surface area contributed by atoms with Gasteiger partial charge in [-0.25, -0.2) is 9.59 Å². The van der Waals surface area contributed by atoms with Gasteiger partial charge in [-0.05, 0) is 22.3 Å². The van der Waals surface area contributed by atoms with Gasteiger partial charge in [0.15, 0.2) is 0 Å². The number of aliphatic hydroxyl groups excluding tert-OH is 1. The van der Waals surface area contributed by atoms with Crippen LogP contribution < -0.4 is 10.6 Å². The number of carboxylic acid groups (broad SMARTS) is 1. The number of ether oxygens (including phenoxy) is 2. The van der Waals surface area contributed by atoms with Gasteiger partial charge < -0.3 is 30.3 Å². The minimum Gasteiger partial charge on any atom is -0.480 e. The summed E-state index contributed by atoms with van der Waals surface area (Å²) in [5.74, 6) is -2.27. The lowest BCUT2D eigenvalue weighted by atomic mass is 9.98. The Morgan fingerprint density at radius 2 is 1.56 bits per heavy atom. The van der Waals surface area contributed by atoms with E-state index in [0.29, 0.717) is 0 Å². The molecule has 0 saturated carbocycles. The molecule has 3 rings (SSSR count). The molecule has 2 atom stereocenters. The monoisotopic (exact) mass is 442 g/mol. The molecule has 0 aromatic heterocycles. The first-order valence-electron chi connectivity index (χ1n) is 10.2. The van der Waals surface area contributed by atoms with E-state index in [1.807, 2.05) is 48.5 Å². The summed E-state index contributed by atoms with van der Waals surface area (Å²) in [4.78, 5) is 36.0. The van der Waals surface area contributed by atoms with Crippen LogP contribution in [0.4, 0.5) is 4.79 Å². The predicted octanol–water partition coefficient (Wildman–Crippen LogP) is 1.49. The molecule has 0 saturated heterocycles. The maximum Gasteiger partial charge on any atom is 0.407 e. The van der Waals surface area contributed by atoms with Crippen molar-refractivity contribution < 1.29 is 34.1 Å². The fourth-order valence-electron chi connectivity index (χ4n) is 3.74. The van der Waals surface area contributed by atoms with Crippen molar-refractivity contribution in [3.63, 3.8) is 0 Å². The molecular formula is C23H26N2O7. The van der Waals surface area contributed by atoms with Gasteiger partial charge in [-0.3, -0.25) is 4.79 Å². The molecule has 0 bridgehead atoms. The number of alkyl carbamates (subject to hydrolysis) is 1. The highest BCUT2D eigenvalue weighted by Gasteiger charge is 2.30. The molecule has 2 aromatic rings. The standard InChI is InChI=1S/C23H26N2O7/c1-31-11-10-19(21(27)24-20(12-26)22(28)29)25-23(30)32-13-18-16-8-4-2-6-14(16)15-7-3-5-9-17(15)18/h2-9,18-20,26H,10-13H2,1H3,(H,24,27)(H,25,30)(H,28,29). The molecule has 0 radical (unpaired) electrons. The number of benzene rings is 2. The van der Waals surface area contributed by atoms with Crippen molar-refractivity contribution in [2.75, 3.05) is 26.9 Å². The zero-order valence-electron chi connectivity index (χ0n) is 17.6. The van der Waals surface area contributed by atoms with Gasteiger partial charge in [0.2, 0.25) is 5.91 Å². The molecular weight excluding hydrogens is 416 g/mol. The summed E-state index contributed by atoms with van der Waals surface area (Å²) in [5, 5.41) is 22.8. The van der Waals surface area contributed by atoms with E-state index in [0.717, 1.165) is 22.3 Å². The fourth-order valence-corrected chi connectivity index (χ4v) is 3.74. The van der Waals surface area contributed by atoms with E-state index >= 15 is 0 Å². The van der Waals surface area contributed by atoms with E-state index in [2.05, 4.69) is 10.6 Å². The predicted molar refractivity (Wildman–Crippen MR) is 115 cm³/mol. The van der Waals surface area contributed by atoms with E-state index in [4.69, 9.17) is 19.7 Å². The lowest BCUT2D eigenvalue weighted by Gasteiger charge is -2.21. The van der Waals surface area contributed by atoms with Gasteiger partial charge in [0, 0.05) is 26.1 Å². The van der Waals surface area contributed by atoms with Crippen molar-refractivity contribution in [2.45, 2.75) is 24.4 Å². The smallest absolute Gasteiger partial charge is 0.407 e. The highest BCUT2D eigenvalue weighted by atomic mass is 16.5. The molecule has 2 unspecified atom stereocenters. The number of fused-ring (bicyclic) bond motifs is 3. The van der Waals surface area contributed by atoms with Gasteiger partial charge in [-0.2, -0.15) is 0 Å². The molecule has 2 aromatic carbocycles. The number of carboxylic acids is 1. The number of nitrogens with one attached hydrogen (secondary N) is 2. The highest BCUT2D eigenvalue weighted by molar-refractivity contribution is 5.89. The Labute approximate surface area is 185 Å². The van der Waals surface area contributed by atoms with E-state index in [-0.39, 0.29) is 25.6 Å². The molecule has 1 aliphatic rings. The van der Waals surface area contributed by atoms with Crippen LogP contribution in [-0.4, -0.2) is 67.2 Å². The number of hydrogen-bond donors (Lipinski definition) is 4. The maximum absolute atomic E-state index is 12.5. The molecule has 2 amide bonds. The Kier molecular flexibility index (Phi) is 7.80. The van der Waals surface area contributed by atoms with Gasteiger partial charge >= 0.3 is 12.1 Å². The molecule has 170 valence electrons. The van der Waals surface area contributed by atoms with Gasteiger partial charge in [0.1, 0.15) is 18.7 Å². The van der Waals surface area contributed by atoms with Crippen LogP contribution in [0.5, 0.6) is 0 Å². The first-order valence-corrected chi connectivity index (χ1v) is 10.2. The minimum atomic E-state index is -1.48. The Balaban J connectivity index is 1.65. The topological polar surface area (TPSA) is 134 Å². The van der Waals surface area contributed by atoms with Crippen molar-refractivity contribution >= 4 is 18.0 Å². The molecule has 9 nitrogen and oxygen atoms in total. The molecule has 4 N–H and O–H groups in total. The van der Waals surface area contributed by atoms with Crippen LogP contribution in [0.1, 0.15) is 23.5 Å². The normalized spacial score (nSPS) is 14.1. The lowest BCUT2D eigenvalue weighted by Crippen LogP contribution is -2.53. The number of aliphatic hydroxyl groups is 1. The summed E-state index contributed by atoms with van der Waals surface area (Å²) in [7, 11) is 1.44. The SMILES string of the molecule is COCCC(NC(=O)OCC1c2ccccc2-c2ccccc21)C(=O)NC(CO)C(=O)O. The Morgan fingerprint density at radius 3 is 2.09 bits per heavy atom. The molecule has 0 spiro atoms. The first kappa shape index (κ1) is 23.2. The summed E-state index contributed by atoms with van der Waals surface area (Å²) in [6, 6.07) is 13.3. The second-order valence-electron chi connectivity index (χ2n) is 7.39. The van der Waals surface area contributed by atoms with Crippen LogP contribution in [-0.2, 0) is 19.1 Å². The van der Waals surface area contributed by atoms with Crippen molar-refractivity contribution in [3.05, 3.63) is 59.7 Å². The fraction of sp³-hybridized carbons (Fsp3) is 0.348. The maximum atomic E-state index is 12.5. The first-order chi connectivity index (χ1) is 15.5. The van der Waals surface area contributed by atoms with Gasteiger partial charge in [-0.15, -0.1) is 0 Å². The number of aliphatic carboxylic acids is 1. The molecule has 0 aliphatic heterocycles. The van der Waals surface area contributed by atoms with Crippen molar-refractivity contribution in [3.8, 4) is 11.1 Å². The highest BCUT2D eigenvalue weighted by Crippen LogP contribution is 2.44. The largest absolute Gasteiger partial charge is 0.480 e. The Hall–Kier alpha value is -3.43. The van der Waals surface area contributed by atoms with E-state index < -0.39 is 36.7 Å². The Bertz CT molecular complexity index is 933. The van der Waals surface area contributed by atoms with Crippen LogP contribution in [0, 0.1) is 0 Å². The Morgan fingerprint density at radius 1 is 0.969 bits per heavy atom. The molecule has 32 heavy (non-hydrogen) atoms. The summed E-state index contributed by atoms with van der Waals surface area (Å²) >= 11 is 0. The lowest BCUT2D eigenvalue weighted by molar-refractivity contribution is -0.143. The average Bonchev–Trinajstić information content (AvgIpc) is 3.12. The van der Waals surface area contributed by atoms with Gasteiger partial charge in [0.25, 0.3) is 0 Å². The van der Waals surface area contributed by atoms with E-state index in [1.165, 1.54) is 7.11 Å². The van der Waals surface area contributed by atoms with Crippen LogP contribution in [0.2, 0.25) is 0 Å². The number of amides is 2. The van der Waals surface area contributed by atoms with Crippen LogP contribution in [0.3, 0.4) is 0 Å². The zero-order valence-corrected chi connectivity index (χ0v) is 17.6. The van der Waals surface area contributed by atoms with Crippen molar-refractivity contribution in [1.82, 2.24) is 10.6 Å². The van der Waals surface area contributed by atoms with E-state index in [1.54, 1.807) is 0 Å². The van der Waals surface area contributed by atoms with Gasteiger partial charge in [0.05, 0.1) is 6.61 Å². The third-order valence-corrected chi connectivity index (χ3v) is 5.36. The molecule has 0 heterocycles. The number of carbonyl (C=O) groups excluding carboxylic acids is 2. The van der Waals surface area contributed by atoms with E-state index in [9.17, 15) is 14.4 Å². The second kappa shape index (κ2) is 10.7. The van der Waals surface area contributed by atoms with Crippen LogP contribution in [0.25, 0.3) is 11.1 Å². The number of rotatable bonds is 10. The van der Waals surface area contributed by atoms with Crippen LogP contribution in [0.15, 0.2) is 48.5 Å². The summed E-state index contributed by atoms with van der Waals surface area (Å²) in [5.41, 5.74) is 4.31. The summed E-state index contributed by atoms with van der Waals surface area (Å²) in [6.45, 7) is -0.547. The summed E-state index contributed by atoms with van der Waals surface area (Å²) in [6.07, 6.45) is -0.705. The second-order valence-corrected chi connectivity index (χ2v) is 7.39. The minimum absolute atomic E-state index is 0.0763. The van der Waals surface area contributed by atoms with Crippen molar-refractivity contribution in [1.29, 1.82) is 0 Å². The van der Waals surface area contributed by atoms with Crippen LogP contribution >= 0.6 is 0 Å².